The van der Waals surface area contributed by atoms with Crippen molar-refractivity contribution in [3.8, 4) is 0 Å². The molecule has 0 bridgehead atoms. The summed E-state index contributed by atoms with van der Waals surface area (Å²) in [5, 5.41) is 23.5. The Kier molecular flexibility index (Phi) is 33.1. The Balaban J connectivity index is -0.000000705. The van der Waals surface area contributed by atoms with Crippen molar-refractivity contribution in [2.75, 3.05) is 6.61 Å². The van der Waals surface area contributed by atoms with E-state index in [0.29, 0.717) is 6.42 Å². The van der Waals surface area contributed by atoms with Crippen molar-refractivity contribution >= 4 is 11.9 Å². The fourth-order valence-corrected chi connectivity index (χ4v) is 2.65. The van der Waals surface area contributed by atoms with E-state index in [1.807, 2.05) is 0 Å². The lowest BCUT2D eigenvalue weighted by atomic mass is 10.0. The summed E-state index contributed by atoms with van der Waals surface area (Å²) in [5.74, 6) is -1.84. The Morgan fingerprint density at radius 3 is 1.07 bits per heavy atom. The molecule has 0 aliphatic carbocycles. The zero-order chi connectivity index (χ0) is 21.2. The third-order valence-corrected chi connectivity index (χ3v) is 4.13. The van der Waals surface area contributed by atoms with Crippen molar-refractivity contribution in [1.29, 1.82) is 0 Å². The second-order valence-corrected chi connectivity index (χ2v) is 6.65. The number of rotatable bonds is 17. The quantitative estimate of drug-likeness (QED) is 0.204. The molecule has 27 heavy (non-hydrogen) atoms. The van der Waals surface area contributed by atoms with E-state index < -0.39 is 18.5 Å². The smallest absolute Gasteiger partial charge is 0.329 e. The lowest BCUT2D eigenvalue weighted by molar-refractivity contribution is -0.140. The number of aliphatic carboxylic acids is 2. The van der Waals surface area contributed by atoms with Crippen LogP contribution in [0.25, 0.3) is 0 Å². The standard InChI is InChI=1S/C18H36O2.C2H4O3.C2H4/c1-2-3-4-5-6-7-8-9-10-11-12-13-14-15-16-17-18(19)20;3-1-2(4)5;1-2/h2-17H2,1H3,(H,19,20);3H,1H2,(H,4,5);1-2H2. The van der Waals surface area contributed by atoms with Crippen LogP contribution in [0.4, 0.5) is 0 Å². The molecule has 0 aromatic carbocycles. The molecular weight excluding hydrogens is 344 g/mol. The molecule has 3 N–H and O–H groups in total. The van der Waals surface area contributed by atoms with Crippen LogP contribution in [0.2, 0.25) is 0 Å². The van der Waals surface area contributed by atoms with E-state index in [-0.39, 0.29) is 0 Å². The molecular formula is C22H44O5. The van der Waals surface area contributed by atoms with Crippen molar-refractivity contribution < 1.29 is 24.9 Å². The van der Waals surface area contributed by atoms with Crippen LogP contribution in [0.15, 0.2) is 13.2 Å². The molecule has 0 rings (SSSR count). The zero-order valence-corrected chi connectivity index (χ0v) is 17.6. The van der Waals surface area contributed by atoms with Crippen LogP contribution in [0.1, 0.15) is 110 Å². The summed E-state index contributed by atoms with van der Waals surface area (Å²) in [5.41, 5.74) is 0. The normalized spacial score (nSPS) is 9.56. The minimum atomic E-state index is -1.19. The fourth-order valence-electron chi connectivity index (χ4n) is 2.65. The maximum Gasteiger partial charge on any atom is 0.329 e. The van der Waals surface area contributed by atoms with Crippen LogP contribution in [0.3, 0.4) is 0 Å². The molecule has 5 nitrogen and oxygen atoms in total. The highest BCUT2D eigenvalue weighted by atomic mass is 16.4. The second kappa shape index (κ2) is 29.4. The molecule has 0 radical (unpaired) electrons. The Morgan fingerprint density at radius 2 is 0.852 bits per heavy atom. The molecule has 0 atom stereocenters. The molecule has 0 aliphatic rings. The average Bonchev–Trinajstić information content (AvgIpc) is 2.66. The van der Waals surface area contributed by atoms with Gasteiger partial charge in [-0.05, 0) is 6.42 Å². The molecule has 0 amide bonds. The van der Waals surface area contributed by atoms with Crippen molar-refractivity contribution in [3.63, 3.8) is 0 Å². The molecule has 0 saturated heterocycles. The van der Waals surface area contributed by atoms with Gasteiger partial charge in [0, 0.05) is 6.42 Å². The van der Waals surface area contributed by atoms with E-state index in [9.17, 15) is 4.79 Å². The van der Waals surface area contributed by atoms with E-state index in [0.717, 1.165) is 12.8 Å². The first kappa shape index (κ1) is 30.4. The first-order chi connectivity index (χ1) is 13.0. The minimum absolute atomic E-state index is 0.345. The molecule has 0 unspecified atom stereocenters. The van der Waals surface area contributed by atoms with Gasteiger partial charge in [0.2, 0.25) is 0 Å². The molecule has 5 heteroatoms. The maximum absolute atomic E-state index is 10.3. The van der Waals surface area contributed by atoms with Crippen LogP contribution in [-0.4, -0.2) is 33.9 Å². The number of aliphatic hydroxyl groups excluding tert-OH is 1. The molecule has 162 valence electrons. The molecule has 0 aromatic heterocycles. The van der Waals surface area contributed by atoms with Crippen molar-refractivity contribution in [2.24, 2.45) is 0 Å². The number of carboxylic acid groups (broad SMARTS) is 2. The van der Waals surface area contributed by atoms with Gasteiger partial charge in [-0.3, -0.25) is 4.79 Å². The highest BCUT2D eigenvalue weighted by Gasteiger charge is 1.97. The van der Waals surface area contributed by atoms with Gasteiger partial charge in [-0.15, -0.1) is 13.2 Å². The van der Waals surface area contributed by atoms with Crippen molar-refractivity contribution in [3.05, 3.63) is 13.2 Å². The molecule has 0 spiro atoms. The Hall–Kier alpha value is -1.36. The van der Waals surface area contributed by atoms with E-state index in [2.05, 4.69) is 20.1 Å². The van der Waals surface area contributed by atoms with Crippen LogP contribution in [0, 0.1) is 0 Å². The SMILES string of the molecule is C=C.CCCCCCCCCCCCCCCCCC(=O)O.O=C(O)CO. The van der Waals surface area contributed by atoms with Gasteiger partial charge >= 0.3 is 11.9 Å². The minimum Gasteiger partial charge on any atom is -0.481 e. The predicted octanol–water partition coefficient (Wildman–Crippen LogP) is 6.20. The first-order valence-corrected chi connectivity index (χ1v) is 10.6. The Labute approximate surface area is 166 Å². The van der Waals surface area contributed by atoms with Crippen molar-refractivity contribution in [1.82, 2.24) is 0 Å². The van der Waals surface area contributed by atoms with Crippen LogP contribution >= 0.6 is 0 Å². The van der Waals surface area contributed by atoms with E-state index >= 15 is 0 Å². The summed E-state index contributed by atoms with van der Waals surface area (Å²) < 4.78 is 0. The summed E-state index contributed by atoms with van der Waals surface area (Å²) in [7, 11) is 0. The van der Waals surface area contributed by atoms with Gasteiger partial charge in [-0.2, -0.15) is 0 Å². The van der Waals surface area contributed by atoms with Gasteiger partial charge in [0.05, 0.1) is 0 Å². The largest absolute Gasteiger partial charge is 0.481 e. The second-order valence-electron chi connectivity index (χ2n) is 6.65. The zero-order valence-electron chi connectivity index (χ0n) is 17.6. The van der Waals surface area contributed by atoms with Gasteiger partial charge in [-0.1, -0.05) is 96.8 Å². The van der Waals surface area contributed by atoms with Crippen LogP contribution in [-0.2, 0) is 9.59 Å². The Morgan fingerprint density at radius 1 is 0.593 bits per heavy atom. The monoisotopic (exact) mass is 388 g/mol. The van der Waals surface area contributed by atoms with Crippen molar-refractivity contribution in [2.45, 2.75) is 110 Å². The number of carbonyl (C=O) groups is 2. The third kappa shape index (κ3) is 40.6. The first-order valence-electron chi connectivity index (χ1n) is 10.6. The topological polar surface area (TPSA) is 94.8 Å². The molecule has 0 aliphatic heterocycles. The predicted molar refractivity (Wildman–Crippen MR) is 113 cm³/mol. The highest BCUT2D eigenvalue weighted by molar-refractivity contribution is 5.67. The van der Waals surface area contributed by atoms with E-state index in [1.54, 1.807) is 0 Å². The van der Waals surface area contributed by atoms with Crippen LogP contribution < -0.4 is 0 Å². The van der Waals surface area contributed by atoms with Gasteiger partial charge in [0.25, 0.3) is 0 Å². The highest BCUT2D eigenvalue weighted by Crippen LogP contribution is 2.13. The number of unbranched alkanes of at least 4 members (excludes halogenated alkanes) is 14. The van der Waals surface area contributed by atoms with Gasteiger partial charge in [-0.25, -0.2) is 4.79 Å². The molecule has 0 fully saturated rings. The van der Waals surface area contributed by atoms with E-state index in [1.165, 1.54) is 83.5 Å². The fraction of sp³-hybridized carbons (Fsp3) is 0.818. The Bertz CT molecular complexity index is 305. The van der Waals surface area contributed by atoms with Gasteiger partial charge in [0.15, 0.2) is 0 Å². The number of aliphatic hydroxyl groups is 1. The summed E-state index contributed by atoms with van der Waals surface area (Å²) in [4.78, 5) is 19.5. The summed E-state index contributed by atoms with van der Waals surface area (Å²) in [6.07, 6.45) is 20.2. The lowest BCUT2D eigenvalue weighted by Gasteiger charge is -2.03. The molecule has 0 heterocycles. The van der Waals surface area contributed by atoms with Crippen LogP contribution in [0.5, 0.6) is 0 Å². The van der Waals surface area contributed by atoms with Gasteiger partial charge in [0.1, 0.15) is 6.61 Å². The molecule has 0 saturated carbocycles. The average molecular weight is 389 g/mol. The summed E-state index contributed by atoms with van der Waals surface area (Å²) in [6, 6.07) is 0. The maximum atomic E-state index is 10.3. The number of carboxylic acids is 2. The van der Waals surface area contributed by atoms with E-state index in [4.69, 9.17) is 20.1 Å². The van der Waals surface area contributed by atoms with Gasteiger partial charge < -0.3 is 15.3 Å². The summed E-state index contributed by atoms with van der Waals surface area (Å²) >= 11 is 0. The number of hydrogen-bond acceptors (Lipinski definition) is 3. The summed E-state index contributed by atoms with van der Waals surface area (Å²) in [6.45, 7) is 7.49. The lowest BCUT2D eigenvalue weighted by Crippen LogP contribution is -1.98. The third-order valence-electron chi connectivity index (χ3n) is 4.13. The number of hydrogen-bond donors (Lipinski definition) is 3. The molecule has 0 aromatic rings.